The lowest BCUT2D eigenvalue weighted by Gasteiger charge is -2.35. The molecule has 0 spiro atoms. The quantitative estimate of drug-likeness (QED) is 0.141. The van der Waals surface area contributed by atoms with Gasteiger partial charge in [0.05, 0.1) is 16.6 Å². The van der Waals surface area contributed by atoms with Gasteiger partial charge in [-0.2, -0.15) is 5.26 Å². The van der Waals surface area contributed by atoms with Crippen LogP contribution in [0.15, 0.2) is 182 Å². The predicted molar refractivity (Wildman–Crippen MR) is 232 cm³/mol. The molecule has 0 unspecified atom stereocenters. The van der Waals surface area contributed by atoms with Crippen molar-refractivity contribution in [1.82, 2.24) is 4.57 Å². The van der Waals surface area contributed by atoms with E-state index >= 15 is 0 Å². The highest BCUT2D eigenvalue weighted by Crippen LogP contribution is 2.43. The molecule has 9 aromatic rings. The minimum Gasteiger partial charge on any atom is -0.458 e. The molecule has 11 rings (SSSR count). The first kappa shape index (κ1) is 32.4. The number of nitriles is 1. The Labute approximate surface area is 326 Å². The number of ether oxygens (including phenoxy) is 2. The Morgan fingerprint density at radius 3 is 1.80 bits per heavy atom. The van der Waals surface area contributed by atoms with Crippen LogP contribution in [-0.2, 0) is 0 Å². The molecule has 0 saturated carbocycles. The van der Waals surface area contributed by atoms with Gasteiger partial charge in [0.15, 0.2) is 13.8 Å². The summed E-state index contributed by atoms with van der Waals surface area (Å²) in [5.41, 5.74) is 7.41. The van der Waals surface area contributed by atoms with Gasteiger partial charge in [-0.05, 0) is 62.4 Å². The number of aryl methyl sites for hydroxylation is 1. The molecule has 56 heavy (non-hydrogen) atoms. The minimum atomic E-state index is -2.81. The smallest absolute Gasteiger partial charge is 0.260 e. The SMILES string of the molecule is Cc1cccc2c1Oc1cc(C#N)c(-n3c4ccccc4c4cc([Si](c5ccccc5)(c5ccccc5)c5ccccc5)ccc43)c3c1B2c1ccccc1O3. The van der Waals surface area contributed by atoms with Crippen molar-refractivity contribution >= 4 is 73.7 Å². The molecule has 0 N–H and O–H groups in total. The van der Waals surface area contributed by atoms with E-state index in [4.69, 9.17) is 9.47 Å². The fourth-order valence-electron chi connectivity index (χ4n) is 9.47. The number of aromatic nitrogens is 1. The highest BCUT2D eigenvalue weighted by atomic mass is 28.3. The molecular weight excluding hydrogens is 699 g/mol. The van der Waals surface area contributed by atoms with Crippen molar-refractivity contribution < 1.29 is 9.47 Å². The number of fused-ring (bicyclic) bond motifs is 7. The van der Waals surface area contributed by atoms with Crippen LogP contribution in [0, 0.1) is 18.3 Å². The molecular formula is C50H33BN2O2Si. The Morgan fingerprint density at radius 2 is 1.11 bits per heavy atom. The van der Waals surface area contributed by atoms with Crippen molar-refractivity contribution in [2.75, 3.05) is 0 Å². The molecule has 0 fully saturated rings. The van der Waals surface area contributed by atoms with Crippen molar-refractivity contribution in [3.8, 4) is 34.8 Å². The molecule has 6 heteroatoms. The Morgan fingerprint density at radius 1 is 0.518 bits per heavy atom. The highest BCUT2D eigenvalue weighted by molar-refractivity contribution is 7.20. The van der Waals surface area contributed by atoms with E-state index in [0.29, 0.717) is 17.1 Å². The lowest BCUT2D eigenvalue weighted by Crippen LogP contribution is -2.74. The van der Waals surface area contributed by atoms with Gasteiger partial charge in [0.2, 0.25) is 0 Å². The lowest BCUT2D eigenvalue weighted by atomic mass is 9.34. The normalized spacial score (nSPS) is 12.6. The Kier molecular flexibility index (Phi) is 7.22. The number of hydrogen-bond donors (Lipinski definition) is 0. The van der Waals surface area contributed by atoms with E-state index in [1.807, 2.05) is 18.2 Å². The Hall–Kier alpha value is -7.07. The van der Waals surface area contributed by atoms with E-state index in [0.717, 1.165) is 60.9 Å². The third-order valence-corrected chi connectivity index (χ3v) is 16.6. The first-order chi connectivity index (χ1) is 27.7. The molecule has 8 aromatic carbocycles. The summed E-state index contributed by atoms with van der Waals surface area (Å²) >= 11 is 0. The van der Waals surface area contributed by atoms with Crippen LogP contribution in [0.5, 0.6) is 23.0 Å². The van der Waals surface area contributed by atoms with Gasteiger partial charge in [0, 0.05) is 22.3 Å². The van der Waals surface area contributed by atoms with Crippen molar-refractivity contribution in [3.05, 3.63) is 193 Å². The van der Waals surface area contributed by atoms with Gasteiger partial charge in [0.25, 0.3) is 6.71 Å². The van der Waals surface area contributed by atoms with Crippen LogP contribution in [0.2, 0.25) is 0 Å². The molecule has 2 aliphatic rings. The molecule has 0 bridgehead atoms. The van der Waals surface area contributed by atoms with Gasteiger partial charge >= 0.3 is 0 Å². The van der Waals surface area contributed by atoms with E-state index in [1.54, 1.807) is 0 Å². The first-order valence-corrected chi connectivity index (χ1v) is 21.0. The molecule has 0 aliphatic carbocycles. The van der Waals surface area contributed by atoms with Crippen LogP contribution >= 0.6 is 0 Å². The van der Waals surface area contributed by atoms with E-state index < -0.39 is 8.07 Å². The van der Waals surface area contributed by atoms with Crippen LogP contribution in [0.1, 0.15) is 11.1 Å². The van der Waals surface area contributed by atoms with Gasteiger partial charge in [-0.3, -0.25) is 0 Å². The second kappa shape index (κ2) is 12.5. The maximum Gasteiger partial charge on any atom is 0.260 e. The summed E-state index contributed by atoms with van der Waals surface area (Å²) in [4.78, 5) is 0. The van der Waals surface area contributed by atoms with Crippen molar-refractivity contribution in [2.24, 2.45) is 0 Å². The molecule has 0 radical (unpaired) electrons. The standard InChI is InChI=1S/C50H33BN2O2Si/c1-33-16-15-25-42-49(33)55-46-30-34(32-52)48(50-47(46)51(42)41-24-12-14-27-45(41)54-50)53-43-26-13-11-23-39(43)40-31-38(28-29-44(40)53)56(35-17-5-2-6-18-35,36-19-7-3-8-20-36)37-21-9-4-10-22-37/h2-31H,1H3. The van der Waals surface area contributed by atoms with Crippen LogP contribution in [-0.4, -0.2) is 19.4 Å². The third kappa shape index (κ3) is 4.52. The van der Waals surface area contributed by atoms with E-state index in [1.165, 1.54) is 20.7 Å². The van der Waals surface area contributed by atoms with E-state index in [9.17, 15) is 5.26 Å². The minimum absolute atomic E-state index is 0.117. The van der Waals surface area contributed by atoms with Gasteiger partial charge in [-0.25, -0.2) is 0 Å². The molecule has 2 aliphatic heterocycles. The maximum atomic E-state index is 11.0. The Bertz CT molecular complexity index is 2970. The molecule has 262 valence electrons. The van der Waals surface area contributed by atoms with Gasteiger partial charge in [-0.1, -0.05) is 158 Å². The Balaban J connectivity index is 1.22. The molecule has 0 atom stereocenters. The highest BCUT2D eigenvalue weighted by Gasteiger charge is 2.44. The van der Waals surface area contributed by atoms with E-state index in [-0.39, 0.29) is 6.71 Å². The fourth-order valence-corrected chi connectivity index (χ4v) is 14.2. The lowest BCUT2D eigenvalue weighted by molar-refractivity contribution is 0.461. The zero-order valence-corrected chi connectivity index (χ0v) is 31.6. The van der Waals surface area contributed by atoms with Gasteiger partial charge in [-0.15, -0.1) is 0 Å². The number of rotatable bonds is 5. The summed E-state index contributed by atoms with van der Waals surface area (Å²) in [6.07, 6.45) is 0. The van der Waals surface area contributed by atoms with Crippen molar-refractivity contribution in [2.45, 2.75) is 6.92 Å². The first-order valence-electron chi connectivity index (χ1n) is 19.0. The summed E-state index contributed by atoms with van der Waals surface area (Å²) in [6.45, 7) is 1.96. The molecule has 0 saturated heterocycles. The molecule has 0 amide bonds. The topological polar surface area (TPSA) is 47.2 Å². The predicted octanol–water partition coefficient (Wildman–Crippen LogP) is 7.07. The van der Waals surface area contributed by atoms with Crippen molar-refractivity contribution in [1.29, 1.82) is 5.26 Å². The van der Waals surface area contributed by atoms with Gasteiger partial charge < -0.3 is 14.0 Å². The summed E-state index contributed by atoms with van der Waals surface area (Å²) in [6, 6.07) is 67.7. The second-order valence-corrected chi connectivity index (χ2v) is 18.5. The van der Waals surface area contributed by atoms with Crippen LogP contribution in [0.4, 0.5) is 0 Å². The van der Waals surface area contributed by atoms with Gasteiger partial charge in [0.1, 0.15) is 29.0 Å². The average Bonchev–Trinajstić information content (AvgIpc) is 3.58. The summed E-state index contributed by atoms with van der Waals surface area (Å²) in [5, 5.41) is 18.4. The van der Waals surface area contributed by atoms with Crippen molar-refractivity contribution in [3.63, 3.8) is 0 Å². The molecule has 4 nitrogen and oxygen atoms in total. The third-order valence-electron chi connectivity index (χ3n) is 11.8. The maximum absolute atomic E-state index is 11.0. The second-order valence-electron chi connectivity index (χ2n) is 14.7. The number of para-hydroxylation sites is 3. The summed E-state index contributed by atoms with van der Waals surface area (Å²) in [5.74, 6) is 2.95. The van der Waals surface area contributed by atoms with Crippen LogP contribution in [0.25, 0.3) is 27.5 Å². The summed E-state index contributed by atoms with van der Waals surface area (Å²) < 4.78 is 15.9. The average molecular weight is 733 g/mol. The zero-order chi connectivity index (χ0) is 37.4. The van der Waals surface area contributed by atoms with E-state index in [2.05, 4.69) is 181 Å². The number of hydrogen-bond acceptors (Lipinski definition) is 3. The van der Waals surface area contributed by atoms with Crippen LogP contribution < -0.4 is 46.6 Å². The number of benzene rings is 8. The molecule has 3 heterocycles. The zero-order valence-electron chi connectivity index (χ0n) is 30.6. The molecule has 1 aromatic heterocycles. The monoisotopic (exact) mass is 732 g/mol. The summed E-state index contributed by atoms with van der Waals surface area (Å²) in [7, 11) is -2.81. The number of nitrogens with zero attached hydrogens (tertiary/aromatic N) is 2. The largest absolute Gasteiger partial charge is 0.458 e. The van der Waals surface area contributed by atoms with Crippen LogP contribution in [0.3, 0.4) is 0 Å². The fraction of sp³-hybridized carbons (Fsp3) is 0.0200.